The first-order valence-corrected chi connectivity index (χ1v) is 11.0. The van der Waals surface area contributed by atoms with Gasteiger partial charge in [-0.1, -0.05) is 36.8 Å². The van der Waals surface area contributed by atoms with Gasteiger partial charge in [-0.3, -0.25) is 9.79 Å². The van der Waals surface area contributed by atoms with E-state index >= 15 is 0 Å². The summed E-state index contributed by atoms with van der Waals surface area (Å²) in [7, 11) is 0. The number of benzene rings is 1. The van der Waals surface area contributed by atoms with Crippen LogP contribution in [0, 0.1) is 11.8 Å². The number of carbonyl (C=O) groups is 1. The molecular formula is C23H37IN4O. The molecule has 1 amide bonds. The summed E-state index contributed by atoms with van der Waals surface area (Å²) in [6, 6.07) is 11.3. The second-order valence-electron chi connectivity index (χ2n) is 8.60. The van der Waals surface area contributed by atoms with E-state index in [0.717, 1.165) is 44.7 Å². The number of hydrogen-bond donors (Lipinski definition) is 3. The SMILES string of the molecule is CCNC(=NCC1CC1c1ccccc1)NC1CCCC(C(=O)NC(C)C)C1.I. The third-order valence-corrected chi connectivity index (χ3v) is 5.80. The molecule has 4 unspecified atom stereocenters. The lowest BCUT2D eigenvalue weighted by molar-refractivity contribution is -0.126. The molecule has 0 radical (unpaired) electrons. The van der Waals surface area contributed by atoms with Crippen LogP contribution in [-0.2, 0) is 4.79 Å². The number of nitrogens with zero attached hydrogens (tertiary/aromatic N) is 1. The second kappa shape index (κ2) is 11.8. The van der Waals surface area contributed by atoms with E-state index in [1.807, 2.05) is 13.8 Å². The fourth-order valence-electron chi connectivity index (χ4n) is 4.24. The van der Waals surface area contributed by atoms with Gasteiger partial charge < -0.3 is 16.0 Å². The van der Waals surface area contributed by atoms with Gasteiger partial charge in [0.25, 0.3) is 0 Å². The highest BCUT2D eigenvalue weighted by Crippen LogP contribution is 2.47. The molecule has 3 N–H and O–H groups in total. The Morgan fingerprint density at radius 2 is 1.93 bits per heavy atom. The zero-order chi connectivity index (χ0) is 19.9. The van der Waals surface area contributed by atoms with Gasteiger partial charge in [0.15, 0.2) is 5.96 Å². The smallest absolute Gasteiger partial charge is 0.223 e. The molecule has 1 aromatic rings. The Balaban J connectivity index is 0.00000300. The van der Waals surface area contributed by atoms with E-state index in [4.69, 9.17) is 4.99 Å². The van der Waals surface area contributed by atoms with E-state index in [1.54, 1.807) is 0 Å². The van der Waals surface area contributed by atoms with Gasteiger partial charge in [0.2, 0.25) is 5.91 Å². The molecule has 2 saturated carbocycles. The third kappa shape index (κ3) is 7.46. The minimum atomic E-state index is 0. The zero-order valence-corrected chi connectivity index (χ0v) is 20.3. The minimum Gasteiger partial charge on any atom is -0.357 e. The lowest BCUT2D eigenvalue weighted by Gasteiger charge is -2.30. The van der Waals surface area contributed by atoms with E-state index in [-0.39, 0.29) is 41.8 Å². The van der Waals surface area contributed by atoms with Crippen molar-refractivity contribution in [2.24, 2.45) is 16.8 Å². The zero-order valence-electron chi connectivity index (χ0n) is 18.0. The number of nitrogens with one attached hydrogen (secondary N) is 3. The summed E-state index contributed by atoms with van der Waals surface area (Å²) < 4.78 is 0. The average Bonchev–Trinajstić information content (AvgIpc) is 3.46. The molecule has 3 rings (SSSR count). The van der Waals surface area contributed by atoms with E-state index in [2.05, 4.69) is 53.2 Å². The summed E-state index contributed by atoms with van der Waals surface area (Å²) in [4.78, 5) is 17.2. The molecule has 2 aliphatic carbocycles. The molecule has 1 aromatic carbocycles. The number of amides is 1. The summed E-state index contributed by atoms with van der Waals surface area (Å²) in [5, 5.41) is 10.0. The molecule has 0 bridgehead atoms. The molecule has 2 fully saturated rings. The van der Waals surface area contributed by atoms with Crippen molar-refractivity contribution in [3.63, 3.8) is 0 Å². The van der Waals surface area contributed by atoms with Gasteiger partial charge in [0, 0.05) is 31.1 Å². The number of aliphatic imine (C=N–C) groups is 1. The molecule has 0 heterocycles. The highest BCUT2D eigenvalue weighted by Gasteiger charge is 2.38. The predicted octanol–water partition coefficient (Wildman–Crippen LogP) is 4.05. The van der Waals surface area contributed by atoms with E-state index in [0.29, 0.717) is 17.9 Å². The Hall–Kier alpha value is -1.31. The first kappa shape index (κ1) is 24.0. The Morgan fingerprint density at radius 3 is 2.62 bits per heavy atom. The number of hydrogen-bond acceptors (Lipinski definition) is 2. The van der Waals surface area contributed by atoms with Crippen LogP contribution in [0.4, 0.5) is 0 Å². The van der Waals surface area contributed by atoms with Crippen LogP contribution < -0.4 is 16.0 Å². The van der Waals surface area contributed by atoms with E-state index in [1.165, 1.54) is 12.0 Å². The Labute approximate surface area is 192 Å². The van der Waals surface area contributed by atoms with Crippen molar-refractivity contribution in [1.82, 2.24) is 16.0 Å². The van der Waals surface area contributed by atoms with Crippen molar-refractivity contribution >= 4 is 35.8 Å². The van der Waals surface area contributed by atoms with Gasteiger partial charge in [0.1, 0.15) is 0 Å². The Kier molecular flexibility index (Phi) is 9.72. The molecule has 0 saturated heterocycles. The van der Waals surface area contributed by atoms with Crippen LogP contribution in [0.1, 0.15) is 64.4 Å². The molecule has 0 aromatic heterocycles. The van der Waals surface area contributed by atoms with E-state index in [9.17, 15) is 4.79 Å². The first-order valence-electron chi connectivity index (χ1n) is 11.0. The van der Waals surface area contributed by atoms with Crippen molar-refractivity contribution in [1.29, 1.82) is 0 Å². The van der Waals surface area contributed by atoms with Crippen LogP contribution in [0.15, 0.2) is 35.3 Å². The number of halogens is 1. The molecular weight excluding hydrogens is 475 g/mol. The minimum absolute atomic E-state index is 0. The van der Waals surface area contributed by atoms with Gasteiger partial charge in [-0.05, 0) is 63.9 Å². The summed E-state index contributed by atoms with van der Waals surface area (Å²) >= 11 is 0. The molecule has 162 valence electrons. The molecule has 0 aliphatic heterocycles. The molecule has 29 heavy (non-hydrogen) atoms. The Morgan fingerprint density at radius 1 is 1.17 bits per heavy atom. The van der Waals surface area contributed by atoms with Gasteiger partial charge in [-0.2, -0.15) is 0 Å². The molecule has 5 nitrogen and oxygen atoms in total. The summed E-state index contributed by atoms with van der Waals surface area (Å²) in [5.74, 6) is 2.52. The van der Waals surface area contributed by atoms with Crippen LogP contribution in [0.25, 0.3) is 0 Å². The lowest BCUT2D eigenvalue weighted by atomic mass is 9.85. The maximum absolute atomic E-state index is 12.4. The normalized spacial score (nSPS) is 26.4. The largest absolute Gasteiger partial charge is 0.357 e. The third-order valence-electron chi connectivity index (χ3n) is 5.80. The van der Waals surface area contributed by atoms with Crippen molar-refractivity contribution in [2.75, 3.05) is 13.1 Å². The number of carbonyl (C=O) groups excluding carboxylic acids is 1. The monoisotopic (exact) mass is 512 g/mol. The maximum Gasteiger partial charge on any atom is 0.223 e. The van der Waals surface area contributed by atoms with Gasteiger partial charge in [-0.15, -0.1) is 24.0 Å². The highest BCUT2D eigenvalue weighted by molar-refractivity contribution is 14.0. The van der Waals surface area contributed by atoms with E-state index < -0.39 is 0 Å². The van der Waals surface area contributed by atoms with Gasteiger partial charge >= 0.3 is 0 Å². The summed E-state index contributed by atoms with van der Waals surface area (Å²) in [5.41, 5.74) is 1.44. The second-order valence-corrected chi connectivity index (χ2v) is 8.60. The van der Waals surface area contributed by atoms with Crippen LogP contribution in [-0.4, -0.2) is 37.0 Å². The molecule has 0 spiro atoms. The van der Waals surface area contributed by atoms with Crippen molar-refractivity contribution in [2.45, 2.75) is 70.9 Å². The fourth-order valence-corrected chi connectivity index (χ4v) is 4.24. The van der Waals surface area contributed by atoms with Crippen LogP contribution in [0.3, 0.4) is 0 Å². The quantitative estimate of drug-likeness (QED) is 0.294. The summed E-state index contributed by atoms with van der Waals surface area (Å²) in [6.45, 7) is 7.85. The molecule has 6 heteroatoms. The standard InChI is InChI=1S/C23H36N4O.HI/c1-4-24-23(25-15-19-14-21(19)17-9-6-5-7-10-17)27-20-12-8-11-18(13-20)22(28)26-16(2)3;/h5-7,9-10,16,18-21H,4,8,11-15H2,1-3H3,(H,26,28)(H2,24,25,27);1H. The van der Waals surface area contributed by atoms with Gasteiger partial charge in [0.05, 0.1) is 0 Å². The van der Waals surface area contributed by atoms with Gasteiger partial charge in [-0.25, -0.2) is 0 Å². The van der Waals surface area contributed by atoms with Crippen molar-refractivity contribution in [3.05, 3.63) is 35.9 Å². The fraction of sp³-hybridized carbons (Fsp3) is 0.652. The predicted molar refractivity (Wildman–Crippen MR) is 131 cm³/mol. The first-order chi connectivity index (χ1) is 13.6. The maximum atomic E-state index is 12.4. The lowest BCUT2D eigenvalue weighted by Crippen LogP contribution is -2.47. The average molecular weight is 512 g/mol. The van der Waals surface area contributed by atoms with Crippen molar-refractivity contribution < 1.29 is 4.79 Å². The number of rotatable bonds is 7. The molecule has 2 aliphatic rings. The number of guanidine groups is 1. The Bertz CT molecular complexity index is 664. The van der Waals surface area contributed by atoms with Crippen molar-refractivity contribution in [3.8, 4) is 0 Å². The van der Waals surface area contributed by atoms with Crippen LogP contribution in [0.5, 0.6) is 0 Å². The highest BCUT2D eigenvalue weighted by atomic mass is 127. The van der Waals surface area contributed by atoms with Crippen LogP contribution in [0.2, 0.25) is 0 Å². The topological polar surface area (TPSA) is 65.5 Å². The summed E-state index contributed by atoms with van der Waals surface area (Å²) in [6.07, 6.45) is 5.30. The molecule has 4 atom stereocenters. The van der Waals surface area contributed by atoms with Crippen LogP contribution >= 0.6 is 24.0 Å².